The Balaban J connectivity index is 0.000000711. The van der Waals surface area contributed by atoms with Gasteiger partial charge in [0.1, 0.15) is 23.3 Å². The fourth-order valence-electron chi connectivity index (χ4n) is 5.67. The van der Waals surface area contributed by atoms with Crippen LogP contribution in [0.4, 0.5) is 26.3 Å². The summed E-state index contributed by atoms with van der Waals surface area (Å²) >= 11 is 0. The van der Waals surface area contributed by atoms with Crippen molar-refractivity contribution in [3.8, 4) is 0 Å². The molecule has 1 aliphatic heterocycles. The van der Waals surface area contributed by atoms with E-state index in [2.05, 4.69) is 58.9 Å². The van der Waals surface area contributed by atoms with Crippen LogP contribution in [0.5, 0.6) is 0 Å². The van der Waals surface area contributed by atoms with E-state index < -0.39 is 23.3 Å². The second-order valence-corrected chi connectivity index (χ2v) is 17.0. The molecule has 1 heterocycles. The molecular formula is C54H74F6O2. The van der Waals surface area contributed by atoms with Crippen molar-refractivity contribution in [1.82, 2.24) is 0 Å². The lowest BCUT2D eigenvalue weighted by atomic mass is 9.84. The number of benzene rings is 5. The van der Waals surface area contributed by atoms with Gasteiger partial charge >= 0.3 is 0 Å². The molecule has 2 aliphatic rings. The maximum atomic E-state index is 12.6. The van der Waals surface area contributed by atoms with Gasteiger partial charge in [0.2, 0.25) is 0 Å². The van der Waals surface area contributed by atoms with Gasteiger partial charge in [0.05, 0.1) is 13.2 Å². The van der Waals surface area contributed by atoms with Crippen LogP contribution in [0.2, 0.25) is 0 Å². The second kappa shape index (κ2) is 29.1. The summed E-state index contributed by atoms with van der Waals surface area (Å²) in [5.74, 6) is -0.0383. The lowest BCUT2D eigenvalue weighted by Crippen LogP contribution is -2.27. The molecule has 344 valence electrons. The molecule has 0 atom stereocenters. The maximum Gasteiger partial charge on any atom is 0.161 e. The molecule has 0 N–H and O–H groups in total. The van der Waals surface area contributed by atoms with Crippen LogP contribution in [0.25, 0.3) is 0 Å². The van der Waals surface area contributed by atoms with Crippen LogP contribution in [0, 0.1) is 122 Å². The topological polar surface area (TPSA) is 18.5 Å². The quantitative estimate of drug-likeness (QED) is 0.144. The SMILES string of the molecule is CC1CCC(C)CC1.CC1COC(C)OC1.Cc1cc(F)c(C)c(F)c1.Cc1ccc(C)c(F)c1.Cc1ccc(C)c(F)c1.Cc1ccc(C)c(F)c1F.Cc1ccc(C)cc1.[HH]. The molecule has 5 aromatic carbocycles. The molecule has 2 fully saturated rings. The summed E-state index contributed by atoms with van der Waals surface area (Å²) in [4.78, 5) is 0. The smallest absolute Gasteiger partial charge is 0.161 e. The maximum absolute atomic E-state index is 12.6. The first-order valence-electron chi connectivity index (χ1n) is 21.6. The van der Waals surface area contributed by atoms with Crippen molar-refractivity contribution in [2.45, 2.75) is 129 Å². The lowest BCUT2D eigenvalue weighted by molar-refractivity contribution is -0.187. The van der Waals surface area contributed by atoms with Crippen LogP contribution in [-0.2, 0) is 9.47 Å². The first-order chi connectivity index (χ1) is 29.0. The third-order valence-electron chi connectivity index (χ3n) is 10.3. The van der Waals surface area contributed by atoms with E-state index >= 15 is 0 Å². The highest BCUT2D eigenvalue weighted by Gasteiger charge is 2.14. The monoisotopic (exact) mass is 869 g/mol. The highest BCUT2D eigenvalue weighted by Crippen LogP contribution is 2.27. The summed E-state index contributed by atoms with van der Waals surface area (Å²) in [6.45, 7) is 28.1. The molecule has 0 bridgehead atoms. The Labute approximate surface area is 371 Å². The molecule has 8 heteroatoms. The van der Waals surface area contributed by atoms with Crippen molar-refractivity contribution in [1.29, 1.82) is 0 Å². The summed E-state index contributed by atoms with van der Waals surface area (Å²) < 4.78 is 85.9. The summed E-state index contributed by atoms with van der Waals surface area (Å²) in [6.07, 6.45) is 5.91. The second-order valence-electron chi connectivity index (χ2n) is 17.0. The highest BCUT2D eigenvalue weighted by molar-refractivity contribution is 5.25. The summed E-state index contributed by atoms with van der Waals surface area (Å²) in [6, 6.07) is 24.7. The molecule has 0 unspecified atom stereocenters. The summed E-state index contributed by atoms with van der Waals surface area (Å²) in [5, 5.41) is 0. The summed E-state index contributed by atoms with van der Waals surface area (Å²) in [5.41, 5.74) is 7.42. The van der Waals surface area contributed by atoms with E-state index in [1.54, 1.807) is 45.0 Å². The van der Waals surface area contributed by atoms with E-state index in [9.17, 15) is 26.3 Å². The van der Waals surface area contributed by atoms with E-state index in [1.807, 2.05) is 32.9 Å². The molecular weight excluding hydrogens is 795 g/mol. The normalized spacial score (nSPS) is 17.5. The van der Waals surface area contributed by atoms with Gasteiger partial charge < -0.3 is 9.47 Å². The molecule has 2 nitrogen and oxygen atoms in total. The van der Waals surface area contributed by atoms with Gasteiger partial charge in [-0.05, 0) is 151 Å². The van der Waals surface area contributed by atoms with Gasteiger partial charge in [-0.1, -0.05) is 118 Å². The third kappa shape index (κ3) is 23.2. The minimum Gasteiger partial charge on any atom is -0.353 e. The zero-order valence-corrected chi connectivity index (χ0v) is 39.7. The van der Waals surface area contributed by atoms with E-state index in [-0.39, 0.29) is 24.9 Å². The average Bonchev–Trinajstić information content (AvgIpc) is 3.22. The Morgan fingerprint density at radius 2 is 0.661 bits per heavy atom. The zero-order chi connectivity index (χ0) is 47.1. The zero-order valence-electron chi connectivity index (χ0n) is 39.7. The van der Waals surface area contributed by atoms with Gasteiger partial charge in [-0.15, -0.1) is 0 Å². The van der Waals surface area contributed by atoms with Gasteiger partial charge in [0, 0.05) is 12.9 Å². The summed E-state index contributed by atoms with van der Waals surface area (Å²) in [7, 11) is 0. The minimum atomic E-state index is -0.736. The van der Waals surface area contributed by atoms with E-state index in [1.165, 1.54) is 81.8 Å². The molecule has 0 amide bonds. The van der Waals surface area contributed by atoms with Crippen LogP contribution in [-0.4, -0.2) is 19.5 Å². The first kappa shape index (κ1) is 55.6. The van der Waals surface area contributed by atoms with Crippen LogP contribution in [0.15, 0.2) is 84.9 Å². The lowest BCUT2D eigenvalue weighted by Gasteiger charge is -2.24. The largest absolute Gasteiger partial charge is 0.353 e. The number of hydrogen-bond acceptors (Lipinski definition) is 2. The Hall–Kier alpha value is -4.40. The predicted molar refractivity (Wildman–Crippen MR) is 249 cm³/mol. The number of ether oxygens (including phenoxy) is 2. The Morgan fingerprint density at radius 3 is 0.952 bits per heavy atom. The van der Waals surface area contributed by atoms with Crippen molar-refractivity contribution < 1.29 is 37.2 Å². The molecule has 0 radical (unpaired) electrons. The van der Waals surface area contributed by atoms with E-state index in [0.717, 1.165) is 36.2 Å². The number of hydrogen-bond donors (Lipinski definition) is 0. The van der Waals surface area contributed by atoms with Crippen LogP contribution in [0.3, 0.4) is 0 Å². The predicted octanol–water partition coefficient (Wildman–Crippen LogP) is 16.4. The van der Waals surface area contributed by atoms with Crippen LogP contribution < -0.4 is 0 Å². The molecule has 0 aromatic heterocycles. The number of rotatable bonds is 0. The van der Waals surface area contributed by atoms with Gasteiger partial charge in [0.15, 0.2) is 17.9 Å². The van der Waals surface area contributed by atoms with Crippen molar-refractivity contribution >= 4 is 0 Å². The van der Waals surface area contributed by atoms with E-state index in [4.69, 9.17) is 9.47 Å². The standard InChI is InChI=1S/2C8H8F2.2C8H9F.C8H16.C8H10.C6H12O2.H2/c1-5-3-7(9)6(2)8(10)4-5;1-5-3-4-6(2)8(10)7(5)9;2*1-6-3-4-7(2)8(9)5-6;2*1-7-3-5-8(2)6-4-7;1-5-3-7-6(2)8-4-5;/h2*3-4H,1-2H3;2*3-5H,1-2H3;7-8H,3-6H2,1-2H3;3-6H,1-2H3;5-6H,3-4H2,1-2H3;1H. The number of aryl methyl sites for hydroxylation is 9. The molecule has 1 saturated heterocycles. The minimum absolute atomic E-state index is 0. The first-order valence-corrected chi connectivity index (χ1v) is 21.6. The van der Waals surface area contributed by atoms with Crippen molar-refractivity contribution in [3.63, 3.8) is 0 Å². The fourth-order valence-corrected chi connectivity index (χ4v) is 5.67. The van der Waals surface area contributed by atoms with Gasteiger partial charge in [-0.3, -0.25) is 0 Å². The van der Waals surface area contributed by atoms with E-state index in [0.29, 0.717) is 33.7 Å². The Bertz CT molecular complexity index is 1880. The number of halogens is 6. The highest BCUT2D eigenvalue weighted by atomic mass is 19.2. The molecule has 1 aliphatic carbocycles. The third-order valence-corrected chi connectivity index (χ3v) is 10.3. The Kier molecular flexibility index (Phi) is 26.1. The van der Waals surface area contributed by atoms with Gasteiger partial charge in [0.25, 0.3) is 0 Å². The van der Waals surface area contributed by atoms with Gasteiger partial charge in [-0.25, -0.2) is 26.3 Å². The van der Waals surface area contributed by atoms with Gasteiger partial charge in [-0.2, -0.15) is 0 Å². The van der Waals surface area contributed by atoms with Crippen molar-refractivity contribution in [2.75, 3.05) is 13.2 Å². The molecule has 1 saturated carbocycles. The molecule has 0 spiro atoms. The Morgan fingerprint density at radius 1 is 0.371 bits per heavy atom. The molecule has 7 rings (SSSR count). The molecule has 5 aromatic rings. The van der Waals surface area contributed by atoms with Crippen molar-refractivity contribution in [3.05, 3.63) is 175 Å². The van der Waals surface area contributed by atoms with Crippen LogP contribution in [0.1, 0.15) is 110 Å². The van der Waals surface area contributed by atoms with Crippen molar-refractivity contribution in [2.24, 2.45) is 17.8 Å². The average molecular weight is 869 g/mol. The fraction of sp³-hybridized carbons (Fsp3) is 0.444. The van der Waals surface area contributed by atoms with Crippen LogP contribution >= 0.6 is 0 Å². The molecule has 62 heavy (non-hydrogen) atoms.